The van der Waals surface area contributed by atoms with Crippen LogP contribution in [0.1, 0.15) is 5.56 Å². The molecule has 114 valence electrons. The topological polar surface area (TPSA) is 107 Å². The number of rotatable bonds is 6. The molecule has 1 aromatic carbocycles. The Morgan fingerprint density at radius 2 is 1.76 bits per heavy atom. The molecule has 21 heavy (non-hydrogen) atoms. The number of nitrogens with zero attached hydrogens (tertiary/aromatic N) is 1. The molecule has 0 fully saturated rings. The highest BCUT2D eigenvalue weighted by molar-refractivity contribution is 6.30. The van der Waals surface area contributed by atoms with E-state index in [4.69, 9.17) is 21.8 Å². The highest BCUT2D eigenvalue weighted by Crippen LogP contribution is 2.15. The number of halogens is 2. The predicted octanol–water partition coefficient (Wildman–Crippen LogP) is 1.16. The second-order valence-corrected chi connectivity index (χ2v) is 4.46. The SMILES string of the molecule is O=C(O)CN(CC(=O)O)C(=O)NCc1ccc(F)c(Cl)c1. The summed E-state index contributed by atoms with van der Waals surface area (Å²) in [6.45, 7) is -1.54. The molecule has 0 heterocycles. The van der Waals surface area contributed by atoms with Crippen molar-refractivity contribution in [1.29, 1.82) is 0 Å². The van der Waals surface area contributed by atoms with Gasteiger partial charge in [0.15, 0.2) is 0 Å². The van der Waals surface area contributed by atoms with Crippen molar-refractivity contribution in [2.45, 2.75) is 6.54 Å². The molecule has 9 heteroatoms. The predicted molar refractivity (Wildman–Crippen MR) is 70.5 cm³/mol. The number of urea groups is 1. The van der Waals surface area contributed by atoms with Gasteiger partial charge in [-0.15, -0.1) is 0 Å². The molecule has 3 N–H and O–H groups in total. The standard InChI is InChI=1S/C12H12ClFN2O5/c13-8-3-7(1-2-9(8)14)4-15-12(21)16(5-10(17)18)6-11(19)20/h1-3H,4-6H2,(H,15,21)(H,17,18)(H,19,20). The third kappa shape index (κ3) is 5.65. The quantitative estimate of drug-likeness (QED) is 0.729. The van der Waals surface area contributed by atoms with Gasteiger partial charge in [0, 0.05) is 6.54 Å². The number of hydrogen-bond donors (Lipinski definition) is 3. The largest absolute Gasteiger partial charge is 0.480 e. The molecule has 2 amide bonds. The number of aliphatic carboxylic acids is 2. The average Bonchev–Trinajstić information content (AvgIpc) is 2.38. The number of carbonyl (C=O) groups excluding carboxylic acids is 1. The van der Waals surface area contributed by atoms with Crippen LogP contribution in [0.4, 0.5) is 9.18 Å². The minimum Gasteiger partial charge on any atom is -0.480 e. The van der Waals surface area contributed by atoms with Gasteiger partial charge in [-0.05, 0) is 17.7 Å². The van der Waals surface area contributed by atoms with Gasteiger partial charge in [-0.3, -0.25) is 9.59 Å². The van der Waals surface area contributed by atoms with Crippen molar-refractivity contribution >= 4 is 29.6 Å². The normalized spacial score (nSPS) is 10.0. The van der Waals surface area contributed by atoms with E-state index in [-0.39, 0.29) is 11.6 Å². The van der Waals surface area contributed by atoms with Gasteiger partial charge in [0.2, 0.25) is 0 Å². The van der Waals surface area contributed by atoms with Crippen LogP contribution >= 0.6 is 11.6 Å². The van der Waals surface area contributed by atoms with E-state index in [1.807, 2.05) is 0 Å². The van der Waals surface area contributed by atoms with Crippen LogP contribution in [0.2, 0.25) is 5.02 Å². The summed E-state index contributed by atoms with van der Waals surface area (Å²) in [7, 11) is 0. The number of carboxylic acid groups (broad SMARTS) is 2. The first kappa shape index (κ1) is 16.7. The summed E-state index contributed by atoms with van der Waals surface area (Å²) in [5.74, 6) is -3.28. The van der Waals surface area contributed by atoms with Gasteiger partial charge >= 0.3 is 18.0 Å². The molecule has 0 aliphatic heterocycles. The maximum absolute atomic E-state index is 13.0. The Morgan fingerprint density at radius 3 is 2.24 bits per heavy atom. The highest BCUT2D eigenvalue weighted by atomic mass is 35.5. The smallest absolute Gasteiger partial charge is 0.323 e. The zero-order valence-electron chi connectivity index (χ0n) is 10.7. The zero-order valence-corrected chi connectivity index (χ0v) is 11.4. The van der Waals surface area contributed by atoms with E-state index < -0.39 is 36.9 Å². The van der Waals surface area contributed by atoms with Crippen molar-refractivity contribution in [3.05, 3.63) is 34.6 Å². The fourth-order valence-electron chi connectivity index (χ4n) is 1.47. The number of carbonyl (C=O) groups is 3. The van der Waals surface area contributed by atoms with Gasteiger partial charge in [0.25, 0.3) is 0 Å². The molecule has 1 aromatic rings. The van der Waals surface area contributed by atoms with Crippen LogP contribution in [0, 0.1) is 5.82 Å². The van der Waals surface area contributed by atoms with Crippen LogP contribution in [-0.4, -0.2) is 46.2 Å². The zero-order chi connectivity index (χ0) is 16.0. The van der Waals surface area contributed by atoms with Crippen LogP contribution < -0.4 is 5.32 Å². The molecule has 0 bridgehead atoms. The molecule has 0 saturated heterocycles. The number of hydrogen-bond acceptors (Lipinski definition) is 3. The van der Waals surface area contributed by atoms with E-state index in [0.29, 0.717) is 10.5 Å². The van der Waals surface area contributed by atoms with Gasteiger partial charge in [-0.1, -0.05) is 17.7 Å². The summed E-state index contributed by atoms with van der Waals surface area (Å²) >= 11 is 5.58. The Bertz CT molecular complexity index is 551. The molecule has 0 aromatic heterocycles. The van der Waals surface area contributed by atoms with Crippen LogP contribution in [0.5, 0.6) is 0 Å². The summed E-state index contributed by atoms with van der Waals surface area (Å²) in [4.78, 5) is 33.5. The van der Waals surface area contributed by atoms with E-state index in [0.717, 1.165) is 6.07 Å². The summed E-state index contributed by atoms with van der Waals surface area (Å²) in [6.07, 6.45) is 0. The lowest BCUT2D eigenvalue weighted by Gasteiger charge is -2.19. The number of carboxylic acids is 2. The summed E-state index contributed by atoms with van der Waals surface area (Å²) in [5.41, 5.74) is 0.486. The monoisotopic (exact) mass is 318 g/mol. The lowest BCUT2D eigenvalue weighted by molar-refractivity contribution is -0.140. The first-order valence-corrected chi connectivity index (χ1v) is 6.07. The third-order valence-electron chi connectivity index (χ3n) is 2.37. The summed E-state index contributed by atoms with van der Waals surface area (Å²) in [5, 5.41) is 19.5. The molecule has 1 rings (SSSR count). The van der Waals surface area contributed by atoms with E-state index in [9.17, 15) is 18.8 Å². The Hall–Kier alpha value is -2.35. The van der Waals surface area contributed by atoms with Gasteiger partial charge in [-0.2, -0.15) is 0 Å². The van der Waals surface area contributed by atoms with Crippen molar-refractivity contribution in [3.63, 3.8) is 0 Å². The van der Waals surface area contributed by atoms with Gasteiger partial charge in [0.05, 0.1) is 5.02 Å². The van der Waals surface area contributed by atoms with Gasteiger partial charge in [-0.25, -0.2) is 9.18 Å². The fourth-order valence-corrected chi connectivity index (χ4v) is 1.67. The maximum Gasteiger partial charge on any atom is 0.323 e. The Kier molecular flexibility index (Phi) is 5.92. The molecule has 0 radical (unpaired) electrons. The van der Waals surface area contributed by atoms with E-state index in [1.165, 1.54) is 12.1 Å². The van der Waals surface area contributed by atoms with Gasteiger partial charge in [0.1, 0.15) is 18.9 Å². The molecule has 0 aliphatic rings. The molecule has 0 unspecified atom stereocenters. The van der Waals surface area contributed by atoms with Gasteiger partial charge < -0.3 is 20.4 Å². The molecule has 7 nitrogen and oxygen atoms in total. The summed E-state index contributed by atoms with van der Waals surface area (Å²) < 4.78 is 13.0. The molecular weight excluding hydrogens is 307 g/mol. The van der Waals surface area contributed by atoms with Crippen LogP contribution in [0.25, 0.3) is 0 Å². The molecule has 0 saturated carbocycles. The lowest BCUT2D eigenvalue weighted by atomic mass is 10.2. The Balaban J connectivity index is 2.65. The van der Waals surface area contributed by atoms with Crippen LogP contribution in [-0.2, 0) is 16.1 Å². The fraction of sp³-hybridized carbons (Fsp3) is 0.250. The van der Waals surface area contributed by atoms with Crippen molar-refractivity contribution < 1.29 is 29.0 Å². The number of amides is 2. The minimum absolute atomic E-state index is 0.0471. The van der Waals surface area contributed by atoms with Crippen LogP contribution in [0.3, 0.4) is 0 Å². The highest BCUT2D eigenvalue weighted by Gasteiger charge is 2.19. The maximum atomic E-state index is 13.0. The first-order chi connectivity index (χ1) is 9.79. The van der Waals surface area contributed by atoms with Crippen LogP contribution in [0.15, 0.2) is 18.2 Å². The van der Waals surface area contributed by atoms with E-state index >= 15 is 0 Å². The van der Waals surface area contributed by atoms with E-state index in [1.54, 1.807) is 0 Å². The first-order valence-electron chi connectivity index (χ1n) is 5.70. The second kappa shape index (κ2) is 7.44. The Morgan fingerprint density at radius 1 is 1.19 bits per heavy atom. The second-order valence-electron chi connectivity index (χ2n) is 4.05. The molecule has 0 spiro atoms. The van der Waals surface area contributed by atoms with Crippen molar-refractivity contribution in [2.75, 3.05) is 13.1 Å². The number of nitrogens with one attached hydrogen (secondary N) is 1. The minimum atomic E-state index is -1.34. The van der Waals surface area contributed by atoms with Crippen molar-refractivity contribution in [2.24, 2.45) is 0 Å². The average molecular weight is 319 g/mol. The molecule has 0 aliphatic carbocycles. The lowest BCUT2D eigenvalue weighted by Crippen LogP contribution is -2.45. The van der Waals surface area contributed by atoms with Crippen molar-refractivity contribution in [1.82, 2.24) is 10.2 Å². The summed E-state index contributed by atoms with van der Waals surface area (Å²) in [6, 6.07) is 2.95. The molecule has 0 atom stereocenters. The number of benzene rings is 1. The molecular formula is C12H12ClFN2O5. The third-order valence-corrected chi connectivity index (χ3v) is 2.66. The van der Waals surface area contributed by atoms with Crippen molar-refractivity contribution in [3.8, 4) is 0 Å². The Labute approximate surface area is 123 Å². The van der Waals surface area contributed by atoms with E-state index in [2.05, 4.69) is 5.32 Å².